The van der Waals surface area contributed by atoms with Crippen LogP contribution >= 0.6 is 0 Å². The van der Waals surface area contributed by atoms with Crippen LogP contribution in [0.5, 0.6) is 0 Å². The van der Waals surface area contributed by atoms with Crippen LogP contribution in [-0.2, 0) is 0 Å². The van der Waals surface area contributed by atoms with Crippen molar-refractivity contribution in [3.63, 3.8) is 0 Å². The molecular formula is C13H20N4. The Kier molecular flexibility index (Phi) is 3.22. The average Bonchev–Trinajstić information content (AvgIpc) is 2.36. The zero-order valence-corrected chi connectivity index (χ0v) is 10.2. The molecule has 0 unspecified atom stereocenters. The lowest BCUT2D eigenvalue weighted by atomic mass is 9.91. The maximum absolute atomic E-state index is 4.20. The van der Waals surface area contributed by atoms with Crippen molar-refractivity contribution in [2.24, 2.45) is 0 Å². The predicted molar refractivity (Wildman–Crippen MR) is 67.9 cm³/mol. The molecule has 0 aromatic carbocycles. The van der Waals surface area contributed by atoms with Crippen LogP contribution in [0.25, 0.3) is 0 Å². The van der Waals surface area contributed by atoms with E-state index >= 15 is 0 Å². The van der Waals surface area contributed by atoms with E-state index in [4.69, 9.17) is 0 Å². The highest BCUT2D eigenvalue weighted by molar-refractivity contribution is 5.26. The smallest absolute Gasteiger partial charge is 0.222 e. The van der Waals surface area contributed by atoms with Gasteiger partial charge in [-0.2, -0.15) is 0 Å². The largest absolute Gasteiger partial charge is 0.349 e. The number of nitrogens with one attached hydrogen (secondary N) is 1. The molecule has 0 amide bonds. The SMILES string of the molecule is c1cnc(NC2CN(C3CCCCC3)C2)nc1. The monoisotopic (exact) mass is 232 g/mol. The molecule has 2 aliphatic rings. The van der Waals surface area contributed by atoms with Gasteiger partial charge in [-0.15, -0.1) is 0 Å². The number of hydrogen-bond donors (Lipinski definition) is 1. The molecule has 0 atom stereocenters. The van der Waals surface area contributed by atoms with Crippen LogP contribution in [0.15, 0.2) is 18.5 Å². The minimum absolute atomic E-state index is 0.541. The van der Waals surface area contributed by atoms with Crippen molar-refractivity contribution in [3.05, 3.63) is 18.5 Å². The second-order valence-corrected chi connectivity index (χ2v) is 5.16. The summed E-state index contributed by atoms with van der Waals surface area (Å²) in [4.78, 5) is 11.0. The molecule has 17 heavy (non-hydrogen) atoms. The first-order chi connectivity index (χ1) is 8.42. The number of likely N-dealkylation sites (tertiary alicyclic amines) is 1. The van der Waals surface area contributed by atoms with Crippen molar-refractivity contribution >= 4 is 5.95 Å². The molecule has 4 heteroatoms. The quantitative estimate of drug-likeness (QED) is 0.864. The summed E-state index contributed by atoms with van der Waals surface area (Å²) in [5.41, 5.74) is 0. The second-order valence-electron chi connectivity index (χ2n) is 5.16. The Labute approximate surface area is 102 Å². The molecule has 1 saturated carbocycles. The van der Waals surface area contributed by atoms with E-state index in [1.165, 1.54) is 32.1 Å². The van der Waals surface area contributed by atoms with Crippen molar-refractivity contribution < 1.29 is 0 Å². The van der Waals surface area contributed by atoms with E-state index < -0.39 is 0 Å². The molecule has 0 radical (unpaired) electrons. The Bertz CT molecular complexity index is 342. The van der Waals surface area contributed by atoms with Gasteiger partial charge in [0.15, 0.2) is 0 Å². The number of hydrogen-bond acceptors (Lipinski definition) is 4. The summed E-state index contributed by atoms with van der Waals surface area (Å²) in [7, 11) is 0. The summed E-state index contributed by atoms with van der Waals surface area (Å²) >= 11 is 0. The minimum atomic E-state index is 0.541. The van der Waals surface area contributed by atoms with E-state index in [2.05, 4.69) is 20.2 Å². The number of anilines is 1. The third kappa shape index (κ3) is 2.57. The molecule has 1 N–H and O–H groups in total. The zero-order valence-electron chi connectivity index (χ0n) is 10.2. The summed E-state index contributed by atoms with van der Waals surface area (Å²) in [6.07, 6.45) is 10.6. The van der Waals surface area contributed by atoms with E-state index in [1.807, 2.05) is 6.07 Å². The molecule has 4 nitrogen and oxygen atoms in total. The van der Waals surface area contributed by atoms with Gasteiger partial charge >= 0.3 is 0 Å². The fourth-order valence-electron chi connectivity index (χ4n) is 2.90. The number of nitrogens with zero attached hydrogens (tertiary/aromatic N) is 3. The molecule has 2 heterocycles. The Balaban J connectivity index is 1.45. The van der Waals surface area contributed by atoms with Crippen LogP contribution in [-0.4, -0.2) is 40.0 Å². The van der Waals surface area contributed by atoms with Crippen molar-refractivity contribution in [1.29, 1.82) is 0 Å². The van der Waals surface area contributed by atoms with Gasteiger partial charge in [-0.1, -0.05) is 19.3 Å². The highest BCUT2D eigenvalue weighted by Gasteiger charge is 2.32. The van der Waals surface area contributed by atoms with Gasteiger partial charge in [-0.05, 0) is 18.9 Å². The second kappa shape index (κ2) is 5.00. The van der Waals surface area contributed by atoms with E-state index in [0.717, 1.165) is 25.1 Å². The molecular weight excluding hydrogens is 212 g/mol. The van der Waals surface area contributed by atoms with Crippen LogP contribution in [0.2, 0.25) is 0 Å². The van der Waals surface area contributed by atoms with E-state index in [-0.39, 0.29) is 0 Å². The Morgan fingerprint density at radius 2 is 1.76 bits per heavy atom. The van der Waals surface area contributed by atoms with Gasteiger partial charge < -0.3 is 5.32 Å². The molecule has 3 rings (SSSR count). The van der Waals surface area contributed by atoms with Crippen molar-refractivity contribution in [1.82, 2.24) is 14.9 Å². The molecule has 0 spiro atoms. The lowest BCUT2D eigenvalue weighted by Crippen LogP contribution is -2.58. The minimum Gasteiger partial charge on any atom is -0.349 e. The summed E-state index contributed by atoms with van der Waals surface area (Å²) in [6.45, 7) is 2.31. The van der Waals surface area contributed by atoms with E-state index in [1.54, 1.807) is 12.4 Å². The van der Waals surface area contributed by atoms with Crippen LogP contribution in [0.4, 0.5) is 5.95 Å². The molecule has 1 aliphatic carbocycles. The molecule has 2 fully saturated rings. The summed E-state index contributed by atoms with van der Waals surface area (Å²) < 4.78 is 0. The lowest BCUT2D eigenvalue weighted by Gasteiger charge is -2.45. The Morgan fingerprint density at radius 3 is 2.47 bits per heavy atom. The average molecular weight is 232 g/mol. The van der Waals surface area contributed by atoms with Crippen LogP contribution in [0, 0.1) is 0 Å². The first-order valence-corrected chi connectivity index (χ1v) is 6.69. The van der Waals surface area contributed by atoms with Gasteiger partial charge in [0.1, 0.15) is 0 Å². The summed E-state index contributed by atoms with van der Waals surface area (Å²) in [5, 5.41) is 3.38. The van der Waals surface area contributed by atoms with E-state index in [0.29, 0.717) is 6.04 Å². The summed E-state index contributed by atoms with van der Waals surface area (Å²) in [6, 6.07) is 3.23. The fourth-order valence-corrected chi connectivity index (χ4v) is 2.90. The molecule has 1 aromatic rings. The third-order valence-electron chi connectivity index (χ3n) is 3.90. The van der Waals surface area contributed by atoms with E-state index in [9.17, 15) is 0 Å². The molecule has 1 aromatic heterocycles. The summed E-state index contributed by atoms with van der Waals surface area (Å²) in [5.74, 6) is 0.765. The fraction of sp³-hybridized carbons (Fsp3) is 0.692. The maximum atomic E-state index is 4.20. The Morgan fingerprint density at radius 1 is 1.06 bits per heavy atom. The highest BCUT2D eigenvalue weighted by Crippen LogP contribution is 2.26. The van der Waals surface area contributed by atoms with Gasteiger partial charge in [-0.3, -0.25) is 4.90 Å². The van der Waals surface area contributed by atoms with Crippen LogP contribution in [0.3, 0.4) is 0 Å². The molecule has 1 aliphatic heterocycles. The molecule has 0 bridgehead atoms. The topological polar surface area (TPSA) is 41.1 Å². The van der Waals surface area contributed by atoms with Gasteiger partial charge in [0.25, 0.3) is 0 Å². The normalized spacial score (nSPS) is 23.3. The highest BCUT2D eigenvalue weighted by atomic mass is 15.3. The van der Waals surface area contributed by atoms with Crippen LogP contribution in [0.1, 0.15) is 32.1 Å². The van der Waals surface area contributed by atoms with Crippen LogP contribution < -0.4 is 5.32 Å². The lowest BCUT2D eigenvalue weighted by molar-refractivity contribution is 0.0785. The van der Waals surface area contributed by atoms with Gasteiger partial charge in [-0.25, -0.2) is 9.97 Å². The van der Waals surface area contributed by atoms with Gasteiger partial charge in [0.2, 0.25) is 5.95 Å². The Hall–Kier alpha value is -1.16. The molecule has 1 saturated heterocycles. The maximum Gasteiger partial charge on any atom is 0.222 e. The molecule has 92 valence electrons. The van der Waals surface area contributed by atoms with Gasteiger partial charge in [0.05, 0.1) is 6.04 Å². The van der Waals surface area contributed by atoms with Gasteiger partial charge in [0, 0.05) is 31.5 Å². The zero-order chi connectivity index (χ0) is 11.5. The first-order valence-electron chi connectivity index (χ1n) is 6.69. The van der Waals surface area contributed by atoms with Crippen molar-refractivity contribution in [2.75, 3.05) is 18.4 Å². The first kappa shape index (κ1) is 11.0. The number of rotatable bonds is 3. The van der Waals surface area contributed by atoms with Crippen molar-refractivity contribution in [2.45, 2.75) is 44.2 Å². The predicted octanol–water partition coefficient (Wildman–Crippen LogP) is 1.91. The third-order valence-corrected chi connectivity index (χ3v) is 3.90. The standard InChI is InChI=1S/C13H20N4/c1-2-5-12(6-3-1)17-9-11(10-17)16-13-14-7-4-8-15-13/h4,7-8,11-12H,1-3,5-6,9-10H2,(H,14,15,16). The number of aromatic nitrogens is 2. The van der Waals surface area contributed by atoms with Crippen molar-refractivity contribution in [3.8, 4) is 0 Å².